The van der Waals surface area contributed by atoms with Gasteiger partial charge >= 0.3 is 0 Å². The van der Waals surface area contributed by atoms with Crippen LogP contribution in [0.2, 0.25) is 0 Å². The van der Waals surface area contributed by atoms with E-state index in [4.69, 9.17) is 0 Å². The van der Waals surface area contributed by atoms with Gasteiger partial charge in [0.2, 0.25) is 0 Å². The molecule has 0 spiro atoms. The maximum atomic E-state index is 4.57. The van der Waals surface area contributed by atoms with Crippen molar-refractivity contribution >= 4 is 28.7 Å². The molecule has 0 aromatic carbocycles. The van der Waals surface area contributed by atoms with Crippen LogP contribution in [0.4, 0.5) is 0 Å². The molecule has 1 fully saturated rings. The lowest BCUT2D eigenvalue weighted by Gasteiger charge is -2.40. The molecule has 0 aromatic heterocycles. The summed E-state index contributed by atoms with van der Waals surface area (Å²) in [5.41, 5.74) is 0. The zero-order valence-electron chi connectivity index (χ0n) is 9.58. The number of aliphatic imine (C=N–C) groups is 1. The quantitative estimate of drug-likeness (QED) is 0.826. The lowest BCUT2D eigenvalue weighted by Crippen LogP contribution is -2.45. The summed E-state index contributed by atoms with van der Waals surface area (Å²) in [4.78, 5) is 4.57. The summed E-state index contributed by atoms with van der Waals surface area (Å²) in [5, 5.41) is 4.70. The largest absolute Gasteiger partial charge is 0.364 e. The van der Waals surface area contributed by atoms with Crippen LogP contribution in [0, 0.1) is 5.92 Å². The Morgan fingerprint density at radius 3 is 2.87 bits per heavy atom. The van der Waals surface area contributed by atoms with E-state index in [1.807, 2.05) is 23.5 Å². The average Bonchev–Trinajstić information content (AvgIpc) is 2.20. The van der Waals surface area contributed by atoms with Crippen LogP contribution in [0.25, 0.3) is 0 Å². The van der Waals surface area contributed by atoms with E-state index in [1.165, 1.54) is 30.2 Å². The molecule has 0 aromatic rings. The number of nitrogens with zero attached hydrogens (tertiary/aromatic N) is 1. The van der Waals surface area contributed by atoms with Crippen LogP contribution in [-0.4, -0.2) is 35.0 Å². The van der Waals surface area contributed by atoms with E-state index in [0.717, 1.165) is 19.0 Å². The predicted molar refractivity (Wildman–Crippen MR) is 72.0 cm³/mol. The monoisotopic (exact) mass is 244 g/mol. The van der Waals surface area contributed by atoms with E-state index in [1.54, 1.807) is 0 Å². The van der Waals surface area contributed by atoms with E-state index < -0.39 is 0 Å². The number of hydrogen-bond donors (Lipinski definition) is 1. The molecule has 0 radical (unpaired) electrons. The first-order chi connectivity index (χ1) is 7.24. The van der Waals surface area contributed by atoms with E-state index in [9.17, 15) is 0 Å². The molecule has 2 aliphatic rings. The van der Waals surface area contributed by atoms with Gasteiger partial charge in [-0.2, -0.15) is 11.8 Å². The Bertz CT molecular complexity index is 243. The SMILES string of the molecule is CSC1(CNC2=NCC(C)CS2)CCC1. The zero-order chi connectivity index (χ0) is 10.7. The van der Waals surface area contributed by atoms with E-state index in [-0.39, 0.29) is 0 Å². The highest BCUT2D eigenvalue weighted by molar-refractivity contribution is 8.13. The van der Waals surface area contributed by atoms with Crippen molar-refractivity contribution in [2.75, 3.05) is 25.1 Å². The lowest BCUT2D eigenvalue weighted by molar-refractivity contribution is 0.362. The number of hydrogen-bond acceptors (Lipinski definition) is 4. The molecule has 0 bridgehead atoms. The summed E-state index contributed by atoms with van der Waals surface area (Å²) in [7, 11) is 0. The summed E-state index contributed by atoms with van der Waals surface area (Å²) in [6.07, 6.45) is 6.38. The van der Waals surface area contributed by atoms with Crippen molar-refractivity contribution in [1.82, 2.24) is 5.32 Å². The Balaban J connectivity index is 1.78. The van der Waals surface area contributed by atoms with Gasteiger partial charge in [0.05, 0.1) is 0 Å². The van der Waals surface area contributed by atoms with Gasteiger partial charge in [-0.1, -0.05) is 25.1 Å². The van der Waals surface area contributed by atoms with E-state index >= 15 is 0 Å². The fourth-order valence-corrected chi connectivity index (χ4v) is 3.73. The van der Waals surface area contributed by atoms with Gasteiger partial charge in [-0.3, -0.25) is 4.99 Å². The predicted octanol–water partition coefficient (Wildman–Crippen LogP) is 2.60. The minimum atomic E-state index is 0.520. The van der Waals surface area contributed by atoms with Gasteiger partial charge in [0.15, 0.2) is 5.17 Å². The summed E-state index contributed by atoms with van der Waals surface area (Å²) < 4.78 is 0.520. The second-order valence-corrected chi connectivity index (χ2v) is 6.94. The Morgan fingerprint density at radius 2 is 2.40 bits per heavy atom. The average molecular weight is 244 g/mol. The molecule has 1 saturated carbocycles. The molecule has 2 rings (SSSR count). The molecule has 0 amide bonds. The Kier molecular flexibility index (Phi) is 3.88. The molecule has 2 nitrogen and oxygen atoms in total. The van der Waals surface area contributed by atoms with E-state index in [2.05, 4.69) is 23.5 Å². The summed E-state index contributed by atoms with van der Waals surface area (Å²) in [6.45, 7) is 4.37. The van der Waals surface area contributed by atoms with Crippen LogP contribution in [0.5, 0.6) is 0 Å². The van der Waals surface area contributed by atoms with Crippen molar-refractivity contribution in [2.24, 2.45) is 10.9 Å². The van der Waals surface area contributed by atoms with E-state index in [0.29, 0.717) is 4.75 Å². The molecular weight excluding hydrogens is 224 g/mol. The van der Waals surface area contributed by atoms with Gasteiger partial charge in [0, 0.05) is 23.6 Å². The number of thioether (sulfide) groups is 2. The Labute approximate surface area is 101 Å². The topological polar surface area (TPSA) is 24.4 Å². The minimum Gasteiger partial charge on any atom is -0.364 e. The molecule has 86 valence electrons. The first-order valence-electron chi connectivity index (χ1n) is 5.70. The summed E-state index contributed by atoms with van der Waals surface area (Å²) in [6, 6.07) is 0. The van der Waals surface area contributed by atoms with Gasteiger partial charge < -0.3 is 5.32 Å². The summed E-state index contributed by atoms with van der Waals surface area (Å²) >= 11 is 3.91. The van der Waals surface area contributed by atoms with Crippen molar-refractivity contribution in [3.8, 4) is 0 Å². The van der Waals surface area contributed by atoms with Crippen LogP contribution in [0.3, 0.4) is 0 Å². The van der Waals surface area contributed by atoms with Gasteiger partial charge in [0.25, 0.3) is 0 Å². The molecule has 1 N–H and O–H groups in total. The molecule has 1 heterocycles. The van der Waals surface area contributed by atoms with Gasteiger partial charge in [-0.15, -0.1) is 0 Å². The van der Waals surface area contributed by atoms with Crippen molar-refractivity contribution < 1.29 is 0 Å². The zero-order valence-corrected chi connectivity index (χ0v) is 11.2. The summed E-state index contributed by atoms with van der Waals surface area (Å²) in [5.74, 6) is 1.97. The smallest absolute Gasteiger partial charge is 0.156 e. The molecule has 1 aliphatic carbocycles. The number of amidine groups is 1. The van der Waals surface area contributed by atoms with Gasteiger partial charge in [-0.25, -0.2) is 0 Å². The second kappa shape index (κ2) is 5.00. The molecule has 15 heavy (non-hydrogen) atoms. The maximum absolute atomic E-state index is 4.57. The molecular formula is C11H20N2S2. The highest BCUT2D eigenvalue weighted by atomic mass is 32.2. The molecule has 1 aliphatic heterocycles. The highest BCUT2D eigenvalue weighted by Gasteiger charge is 2.36. The normalized spacial score (nSPS) is 29.2. The maximum Gasteiger partial charge on any atom is 0.156 e. The first-order valence-corrected chi connectivity index (χ1v) is 7.91. The first kappa shape index (κ1) is 11.6. The molecule has 4 heteroatoms. The number of nitrogens with one attached hydrogen (secondary N) is 1. The highest BCUT2D eigenvalue weighted by Crippen LogP contribution is 2.42. The van der Waals surface area contributed by atoms with Crippen LogP contribution in [0.15, 0.2) is 4.99 Å². The fourth-order valence-electron chi connectivity index (χ4n) is 1.93. The van der Waals surface area contributed by atoms with Gasteiger partial charge in [0.1, 0.15) is 0 Å². The second-order valence-electron chi connectivity index (χ2n) is 4.66. The van der Waals surface area contributed by atoms with Crippen LogP contribution in [-0.2, 0) is 0 Å². The third-order valence-corrected chi connectivity index (χ3v) is 6.01. The molecule has 1 unspecified atom stereocenters. The Hall–Kier alpha value is 0.170. The minimum absolute atomic E-state index is 0.520. The van der Waals surface area contributed by atoms with Crippen molar-refractivity contribution in [1.29, 1.82) is 0 Å². The van der Waals surface area contributed by atoms with Crippen molar-refractivity contribution in [2.45, 2.75) is 30.9 Å². The standard InChI is InChI=1S/C11H20N2S2/c1-9-6-12-10(15-7-9)13-8-11(14-2)4-3-5-11/h9H,3-8H2,1-2H3,(H,12,13). The lowest BCUT2D eigenvalue weighted by atomic mass is 9.84. The van der Waals surface area contributed by atoms with Crippen molar-refractivity contribution in [3.05, 3.63) is 0 Å². The van der Waals surface area contributed by atoms with Gasteiger partial charge in [-0.05, 0) is 25.0 Å². The van der Waals surface area contributed by atoms with Crippen LogP contribution in [0.1, 0.15) is 26.2 Å². The third kappa shape index (κ3) is 2.84. The number of rotatable bonds is 3. The molecule has 1 atom stereocenters. The van der Waals surface area contributed by atoms with Crippen molar-refractivity contribution in [3.63, 3.8) is 0 Å². The van der Waals surface area contributed by atoms with Crippen LogP contribution < -0.4 is 5.32 Å². The molecule has 0 saturated heterocycles. The van der Waals surface area contributed by atoms with Crippen LogP contribution >= 0.6 is 23.5 Å². The third-order valence-electron chi connectivity index (χ3n) is 3.31. The fraction of sp³-hybridized carbons (Fsp3) is 0.909. The Morgan fingerprint density at radius 1 is 1.60 bits per heavy atom.